The summed E-state index contributed by atoms with van der Waals surface area (Å²) in [6.07, 6.45) is -0.888. The Morgan fingerprint density at radius 2 is 2.27 bits per heavy atom. The molecule has 1 aromatic heterocycles. The molecule has 1 amide bonds. The van der Waals surface area contributed by atoms with Crippen LogP contribution in [0.1, 0.15) is 0 Å². The van der Waals surface area contributed by atoms with E-state index >= 15 is 0 Å². The van der Waals surface area contributed by atoms with Crippen LogP contribution in [0.25, 0.3) is 0 Å². The molecule has 2 N–H and O–H groups in total. The van der Waals surface area contributed by atoms with Crippen LogP contribution in [-0.4, -0.2) is 16.3 Å². The first-order valence-corrected chi connectivity index (χ1v) is 3.73. The summed E-state index contributed by atoms with van der Waals surface area (Å²) < 4.78 is 5.15. The molecular weight excluding hydrogens is 261 g/mol. The minimum absolute atomic E-state index is 0.109. The molecule has 11 heavy (non-hydrogen) atoms. The number of rotatable bonds is 1. The second-order valence-electron chi connectivity index (χ2n) is 1.62. The van der Waals surface area contributed by atoms with Crippen molar-refractivity contribution in [3.63, 3.8) is 0 Å². The lowest BCUT2D eigenvalue weighted by Gasteiger charge is -1.96. The van der Waals surface area contributed by atoms with Gasteiger partial charge in [-0.05, 0) is 28.7 Å². The van der Waals surface area contributed by atoms with E-state index in [4.69, 9.17) is 5.73 Å². The Labute approximate surface area is 76.1 Å². The maximum Gasteiger partial charge on any atom is 0.411 e. The summed E-state index contributed by atoms with van der Waals surface area (Å²) in [5, 5.41) is 7.17. The number of primary amides is 1. The van der Waals surface area contributed by atoms with E-state index in [-0.39, 0.29) is 5.88 Å². The highest BCUT2D eigenvalue weighted by atomic mass is 127. The van der Waals surface area contributed by atoms with Crippen molar-refractivity contribution in [2.45, 2.75) is 0 Å². The summed E-state index contributed by atoms with van der Waals surface area (Å²) in [5.74, 6) is 0.109. The molecule has 0 fully saturated rings. The Bertz CT molecular complexity index is 261. The Kier molecular flexibility index (Phi) is 2.58. The van der Waals surface area contributed by atoms with Crippen molar-refractivity contribution in [2.24, 2.45) is 5.73 Å². The summed E-state index contributed by atoms with van der Waals surface area (Å²) in [6.45, 7) is 0. The lowest BCUT2D eigenvalue weighted by Crippen LogP contribution is -2.17. The van der Waals surface area contributed by atoms with Gasteiger partial charge in [0.2, 0.25) is 5.88 Å². The summed E-state index contributed by atoms with van der Waals surface area (Å²) in [4.78, 5) is 10.2. The van der Waals surface area contributed by atoms with E-state index in [9.17, 15) is 4.79 Å². The predicted molar refractivity (Wildman–Crippen MR) is 45.0 cm³/mol. The Morgan fingerprint density at radius 1 is 1.55 bits per heavy atom. The van der Waals surface area contributed by atoms with Gasteiger partial charge < -0.3 is 10.5 Å². The van der Waals surface area contributed by atoms with Crippen LogP contribution < -0.4 is 10.5 Å². The van der Waals surface area contributed by atoms with Gasteiger partial charge in [-0.15, -0.1) is 10.2 Å². The topological polar surface area (TPSA) is 78.1 Å². The Balaban J connectivity index is 2.74. The van der Waals surface area contributed by atoms with Crippen LogP contribution in [0.2, 0.25) is 0 Å². The molecular formula is C5H4IN3O2. The quantitative estimate of drug-likeness (QED) is 0.751. The first-order valence-electron chi connectivity index (χ1n) is 2.65. The monoisotopic (exact) mass is 265 g/mol. The highest BCUT2D eigenvalue weighted by Crippen LogP contribution is 2.05. The molecule has 0 saturated carbocycles. The van der Waals surface area contributed by atoms with Crippen molar-refractivity contribution >= 4 is 28.7 Å². The van der Waals surface area contributed by atoms with Crippen molar-refractivity contribution in [1.29, 1.82) is 0 Å². The minimum atomic E-state index is -0.888. The molecule has 0 spiro atoms. The van der Waals surface area contributed by atoms with Crippen LogP contribution in [0, 0.1) is 3.70 Å². The maximum atomic E-state index is 10.2. The second kappa shape index (κ2) is 3.46. The molecule has 5 nitrogen and oxygen atoms in total. The molecule has 0 atom stereocenters. The van der Waals surface area contributed by atoms with Gasteiger partial charge in [-0.25, -0.2) is 4.79 Å². The van der Waals surface area contributed by atoms with Gasteiger partial charge >= 0.3 is 6.09 Å². The highest BCUT2D eigenvalue weighted by Gasteiger charge is 1.99. The summed E-state index contributed by atoms with van der Waals surface area (Å²) in [5.41, 5.74) is 4.73. The normalized spacial score (nSPS) is 9.18. The lowest BCUT2D eigenvalue weighted by atomic mass is 10.6. The molecule has 0 aliphatic carbocycles. The number of nitrogens with two attached hydrogens (primary N) is 1. The summed E-state index contributed by atoms with van der Waals surface area (Å²) in [7, 11) is 0. The van der Waals surface area contributed by atoms with Crippen molar-refractivity contribution in [1.82, 2.24) is 10.2 Å². The van der Waals surface area contributed by atoms with Crippen molar-refractivity contribution in [2.75, 3.05) is 0 Å². The molecule has 1 aromatic rings. The van der Waals surface area contributed by atoms with Crippen molar-refractivity contribution in [3.8, 4) is 5.88 Å². The number of halogens is 1. The number of ether oxygens (including phenoxy) is 1. The first kappa shape index (κ1) is 8.18. The fourth-order valence-electron chi connectivity index (χ4n) is 0.461. The van der Waals surface area contributed by atoms with Gasteiger partial charge in [0.05, 0.1) is 0 Å². The van der Waals surface area contributed by atoms with E-state index in [2.05, 4.69) is 14.9 Å². The SMILES string of the molecule is NC(=O)Oc1ccc(I)nn1. The minimum Gasteiger partial charge on any atom is -0.390 e. The second-order valence-corrected chi connectivity index (χ2v) is 2.72. The zero-order chi connectivity index (χ0) is 8.27. The molecule has 0 radical (unpaired) electrons. The maximum absolute atomic E-state index is 10.2. The molecule has 6 heteroatoms. The fourth-order valence-corrected chi connectivity index (χ4v) is 0.749. The van der Waals surface area contributed by atoms with Gasteiger partial charge in [-0.2, -0.15) is 0 Å². The first-order chi connectivity index (χ1) is 5.18. The summed E-state index contributed by atoms with van der Waals surface area (Å²) in [6, 6.07) is 3.17. The average molecular weight is 265 g/mol. The van der Waals surface area contributed by atoms with Gasteiger partial charge in [0, 0.05) is 6.07 Å². The van der Waals surface area contributed by atoms with E-state index in [1.54, 1.807) is 6.07 Å². The molecule has 58 valence electrons. The number of carbonyl (C=O) groups is 1. The zero-order valence-electron chi connectivity index (χ0n) is 5.32. The number of hydrogen-bond acceptors (Lipinski definition) is 4. The number of amides is 1. The van der Waals surface area contributed by atoms with Crippen molar-refractivity contribution in [3.05, 3.63) is 15.8 Å². The molecule has 0 unspecified atom stereocenters. The third-order valence-electron chi connectivity index (χ3n) is 0.813. The van der Waals surface area contributed by atoms with Crippen LogP contribution in [0.5, 0.6) is 5.88 Å². The van der Waals surface area contributed by atoms with Gasteiger partial charge in [-0.3, -0.25) is 0 Å². The molecule has 0 aliphatic rings. The number of hydrogen-bond donors (Lipinski definition) is 1. The van der Waals surface area contributed by atoms with E-state index < -0.39 is 6.09 Å². The molecule has 0 bridgehead atoms. The van der Waals surface area contributed by atoms with Crippen molar-refractivity contribution < 1.29 is 9.53 Å². The molecule has 0 aromatic carbocycles. The Hall–Kier alpha value is -0.920. The largest absolute Gasteiger partial charge is 0.411 e. The van der Waals surface area contributed by atoms with Gasteiger partial charge in [-0.1, -0.05) is 0 Å². The van der Waals surface area contributed by atoms with Crippen LogP contribution >= 0.6 is 22.6 Å². The van der Waals surface area contributed by atoms with Crippen LogP contribution in [0.15, 0.2) is 12.1 Å². The number of carbonyl (C=O) groups excluding carboxylic acids is 1. The highest BCUT2D eigenvalue weighted by molar-refractivity contribution is 14.1. The van der Waals surface area contributed by atoms with Crippen LogP contribution in [0.4, 0.5) is 4.79 Å². The van der Waals surface area contributed by atoms with Gasteiger partial charge in [0.15, 0.2) is 0 Å². The molecule has 0 saturated heterocycles. The predicted octanol–water partition coefficient (Wildman–Crippen LogP) is 0.539. The van der Waals surface area contributed by atoms with E-state index in [1.807, 2.05) is 22.6 Å². The van der Waals surface area contributed by atoms with E-state index in [0.717, 1.165) is 3.70 Å². The van der Waals surface area contributed by atoms with Crippen LogP contribution in [-0.2, 0) is 0 Å². The number of aromatic nitrogens is 2. The zero-order valence-corrected chi connectivity index (χ0v) is 7.48. The van der Waals surface area contributed by atoms with Crippen LogP contribution in [0.3, 0.4) is 0 Å². The van der Waals surface area contributed by atoms with E-state index in [1.165, 1.54) is 6.07 Å². The standard InChI is InChI=1S/C5H4IN3O2/c6-3-1-2-4(9-8-3)11-5(7)10/h1-2H,(H2,7,10). The number of nitrogens with zero attached hydrogens (tertiary/aromatic N) is 2. The Morgan fingerprint density at radius 3 is 2.73 bits per heavy atom. The smallest absolute Gasteiger partial charge is 0.390 e. The van der Waals surface area contributed by atoms with Gasteiger partial charge in [0.1, 0.15) is 3.70 Å². The third kappa shape index (κ3) is 2.66. The molecule has 1 rings (SSSR count). The average Bonchev–Trinajstić information content (AvgIpc) is 1.93. The molecule has 0 aliphatic heterocycles. The van der Waals surface area contributed by atoms with Gasteiger partial charge in [0.25, 0.3) is 0 Å². The fraction of sp³-hybridized carbons (Fsp3) is 0. The third-order valence-corrected chi connectivity index (χ3v) is 1.39. The lowest BCUT2D eigenvalue weighted by molar-refractivity contribution is 0.208. The molecule has 1 heterocycles. The van der Waals surface area contributed by atoms with E-state index in [0.29, 0.717) is 0 Å². The summed E-state index contributed by atoms with van der Waals surface area (Å²) >= 11 is 1.98.